The van der Waals surface area contributed by atoms with E-state index in [0.717, 1.165) is 6.42 Å². The van der Waals surface area contributed by atoms with Crippen LogP contribution in [0, 0.1) is 11.8 Å². The highest BCUT2D eigenvalue weighted by molar-refractivity contribution is 7.89. The standard InChI is InChI=1S/C15H23NO4S/c1-11-7-12(2)10-16(9-11)21(17,18)15-8-13(19-3)5-6-14(15)20-4/h5-6,8,11-12H,7,9-10H2,1-4H3/t11-,12+. The molecule has 1 aliphatic rings. The molecule has 1 aliphatic heterocycles. The third kappa shape index (κ3) is 3.32. The molecule has 0 amide bonds. The predicted molar refractivity (Wildman–Crippen MR) is 81.2 cm³/mol. The monoisotopic (exact) mass is 313 g/mol. The number of ether oxygens (including phenoxy) is 2. The summed E-state index contributed by atoms with van der Waals surface area (Å²) in [6.45, 7) is 5.27. The van der Waals surface area contributed by atoms with Crippen molar-refractivity contribution in [3.05, 3.63) is 18.2 Å². The Balaban J connectivity index is 2.43. The van der Waals surface area contributed by atoms with Gasteiger partial charge in [0.25, 0.3) is 0 Å². The number of hydrogen-bond acceptors (Lipinski definition) is 4. The lowest BCUT2D eigenvalue weighted by Gasteiger charge is -2.34. The Bertz CT molecular complexity index is 590. The maximum absolute atomic E-state index is 12.9. The van der Waals surface area contributed by atoms with E-state index >= 15 is 0 Å². The van der Waals surface area contributed by atoms with Crippen molar-refractivity contribution in [3.8, 4) is 11.5 Å². The minimum atomic E-state index is -3.57. The van der Waals surface area contributed by atoms with E-state index in [1.54, 1.807) is 16.4 Å². The third-order valence-electron chi connectivity index (χ3n) is 3.82. The molecule has 0 unspecified atom stereocenters. The molecular weight excluding hydrogens is 290 g/mol. The molecule has 2 atom stereocenters. The second-order valence-corrected chi connectivity index (χ2v) is 7.69. The van der Waals surface area contributed by atoms with Crippen LogP contribution in [0.5, 0.6) is 11.5 Å². The average Bonchev–Trinajstić information content (AvgIpc) is 2.45. The number of sulfonamides is 1. The highest BCUT2D eigenvalue weighted by atomic mass is 32.2. The van der Waals surface area contributed by atoms with E-state index in [2.05, 4.69) is 13.8 Å². The molecule has 0 bridgehead atoms. The van der Waals surface area contributed by atoms with Crippen molar-refractivity contribution in [1.29, 1.82) is 0 Å². The second kappa shape index (κ2) is 6.23. The molecule has 1 fully saturated rings. The van der Waals surface area contributed by atoms with Crippen LogP contribution < -0.4 is 9.47 Å². The summed E-state index contributed by atoms with van der Waals surface area (Å²) in [6, 6.07) is 4.85. The maximum atomic E-state index is 12.9. The van der Waals surface area contributed by atoms with Gasteiger partial charge in [0.2, 0.25) is 10.0 Å². The summed E-state index contributed by atoms with van der Waals surface area (Å²) < 4.78 is 37.7. The summed E-state index contributed by atoms with van der Waals surface area (Å²) >= 11 is 0. The number of hydrogen-bond donors (Lipinski definition) is 0. The fourth-order valence-corrected chi connectivity index (χ4v) is 4.78. The predicted octanol–water partition coefficient (Wildman–Crippen LogP) is 2.37. The van der Waals surface area contributed by atoms with Crippen LogP contribution in [0.2, 0.25) is 0 Å². The number of benzene rings is 1. The van der Waals surface area contributed by atoms with Gasteiger partial charge < -0.3 is 9.47 Å². The van der Waals surface area contributed by atoms with E-state index < -0.39 is 10.0 Å². The minimum absolute atomic E-state index is 0.172. The van der Waals surface area contributed by atoms with Crippen molar-refractivity contribution < 1.29 is 17.9 Å². The van der Waals surface area contributed by atoms with E-state index in [4.69, 9.17) is 9.47 Å². The zero-order valence-electron chi connectivity index (χ0n) is 13.0. The number of piperidine rings is 1. The zero-order chi connectivity index (χ0) is 15.6. The van der Waals surface area contributed by atoms with Gasteiger partial charge in [0, 0.05) is 19.2 Å². The molecule has 1 aromatic rings. The minimum Gasteiger partial charge on any atom is -0.497 e. The fourth-order valence-electron chi connectivity index (χ4n) is 2.93. The Kier molecular flexibility index (Phi) is 4.78. The molecule has 118 valence electrons. The lowest BCUT2D eigenvalue weighted by molar-refractivity contribution is 0.222. The molecule has 5 nitrogen and oxygen atoms in total. The Morgan fingerprint density at radius 3 is 2.24 bits per heavy atom. The van der Waals surface area contributed by atoms with Crippen LogP contribution in [0.25, 0.3) is 0 Å². The van der Waals surface area contributed by atoms with E-state index in [1.807, 2.05) is 0 Å². The highest BCUT2D eigenvalue weighted by Gasteiger charge is 2.33. The van der Waals surface area contributed by atoms with Crippen LogP contribution in [-0.4, -0.2) is 40.0 Å². The van der Waals surface area contributed by atoms with Gasteiger partial charge in [-0.25, -0.2) is 8.42 Å². The first kappa shape index (κ1) is 16.1. The van der Waals surface area contributed by atoms with Crippen LogP contribution in [0.4, 0.5) is 0 Å². The first-order valence-corrected chi connectivity index (χ1v) is 8.54. The second-order valence-electron chi connectivity index (χ2n) is 5.78. The molecule has 0 saturated carbocycles. The van der Waals surface area contributed by atoms with Gasteiger partial charge in [-0.1, -0.05) is 13.8 Å². The van der Waals surface area contributed by atoms with Gasteiger partial charge in [0.05, 0.1) is 14.2 Å². The molecule has 0 radical (unpaired) electrons. The number of nitrogens with zero attached hydrogens (tertiary/aromatic N) is 1. The fraction of sp³-hybridized carbons (Fsp3) is 0.600. The number of methoxy groups -OCH3 is 2. The van der Waals surface area contributed by atoms with Crippen LogP contribution in [0.15, 0.2) is 23.1 Å². The zero-order valence-corrected chi connectivity index (χ0v) is 13.8. The van der Waals surface area contributed by atoms with Gasteiger partial charge in [-0.05, 0) is 30.4 Å². The van der Waals surface area contributed by atoms with E-state index in [-0.39, 0.29) is 4.90 Å². The van der Waals surface area contributed by atoms with E-state index in [9.17, 15) is 8.42 Å². The van der Waals surface area contributed by atoms with Crippen molar-refractivity contribution in [2.45, 2.75) is 25.2 Å². The first-order chi connectivity index (χ1) is 9.88. The van der Waals surface area contributed by atoms with Gasteiger partial charge in [0.1, 0.15) is 16.4 Å². The Morgan fingerprint density at radius 2 is 1.71 bits per heavy atom. The Hall–Kier alpha value is -1.27. The van der Waals surface area contributed by atoms with Crippen LogP contribution in [0.1, 0.15) is 20.3 Å². The molecule has 0 N–H and O–H groups in total. The molecule has 1 saturated heterocycles. The number of rotatable bonds is 4. The molecule has 0 aliphatic carbocycles. The van der Waals surface area contributed by atoms with Crippen LogP contribution in [0.3, 0.4) is 0 Å². The largest absolute Gasteiger partial charge is 0.497 e. The molecule has 21 heavy (non-hydrogen) atoms. The summed E-state index contributed by atoms with van der Waals surface area (Å²) in [5, 5.41) is 0. The van der Waals surface area contributed by atoms with Gasteiger partial charge in [-0.2, -0.15) is 4.31 Å². The van der Waals surface area contributed by atoms with Crippen LogP contribution >= 0.6 is 0 Å². The molecule has 1 aromatic carbocycles. The molecule has 0 spiro atoms. The van der Waals surface area contributed by atoms with Crippen molar-refractivity contribution in [1.82, 2.24) is 4.31 Å². The van der Waals surface area contributed by atoms with Gasteiger partial charge in [0.15, 0.2) is 0 Å². The van der Waals surface area contributed by atoms with Crippen molar-refractivity contribution in [3.63, 3.8) is 0 Å². The Morgan fingerprint density at radius 1 is 1.10 bits per heavy atom. The summed E-state index contributed by atoms with van der Waals surface area (Å²) in [5.74, 6) is 1.58. The summed E-state index contributed by atoms with van der Waals surface area (Å²) in [6.07, 6.45) is 1.06. The quantitative estimate of drug-likeness (QED) is 0.856. The van der Waals surface area contributed by atoms with E-state index in [1.165, 1.54) is 20.3 Å². The van der Waals surface area contributed by atoms with Gasteiger partial charge in [-0.15, -0.1) is 0 Å². The normalized spacial score (nSPS) is 23.8. The topological polar surface area (TPSA) is 55.8 Å². The first-order valence-electron chi connectivity index (χ1n) is 7.10. The smallest absolute Gasteiger partial charge is 0.246 e. The highest BCUT2D eigenvalue weighted by Crippen LogP contribution is 2.33. The SMILES string of the molecule is COc1ccc(OC)c(S(=O)(=O)N2C[C@H](C)C[C@H](C)C2)c1. The molecule has 1 heterocycles. The molecule has 0 aromatic heterocycles. The van der Waals surface area contributed by atoms with Gasteiger partial charge >= 0.3 is 0 Å². The lowest BCUT2D eigenvalue weighted by atomic mass is 9.94. The summed E-state index contributed by atoms with van der Waals surface area (Å²) in [7, 11) is -0.583. The summed E-state index contributed by atoms with van der Waals surface area (Å²) in [5.41, 5.74) is 0. The summed E-state index contributed by atoms with van der Waals surface area (Å²) in [4.78, 5) is 0.172. The molecular formula is C15H23NO4S. The van der Waals surface area contributed by atoms with E-state index in [0.29, 0.717) is 36.4 Å². The van der Waals surface area contributed by atoms with Crippen molar-refractivity contribution >= 4 is 10.0 Å². The average molecular weight is 313 g/mol. The van der Waals surface area contributed by atoms with Crippen molar-refractivity contribution in [2.75, 3.05) is 27.3 Å². The Labute approximate surface area is 126 Å². The lowest BCUT2D eigenvalue weighted by Crippen LogP contribution is -2.42. The molecule has 6 heteroatoms. The van der Waals surface area contributed by atoms with Crippen LogP contribution in [-0.2, 0) is 10.0 Å². The van der Waals surface area contributed by atoms with Gasteiger partial charge in [-0.3, -0.25) is 0 Å². The molecule has 2 rings (SSSR count). The van der Waals surface area contributed by atoms with Crippen molar-refractivity contribution in [2.24, 2.45) is 11.8 Å². The third-order valence-corrected chi connectivity index (χ3v) is 5.68. The maximum Gasteiger partial charge on any atom is 0.246 e.